The summed E-state index contributed by atoms with van der Waals surface area (Å²) in [5.41, 5.74) is 1.90. The van der Waals surface area contributed by atoms with Gasteiger partial charge in [-0.05, 0) is 64.3 Å². The van der Waals surface area contributed by atoms with E-state index in [9.17, 15) is 19.7 Å². The van der Waals surface area contributed by atoms with E-state index in [1.807, 2.05) is 60.7 Å². The monoisotopic (exact) mass is 614 g/mol. The number of rotatable bonds is 12. The molecule has 3 aromatic carbocycles. The van der Waals surface area contributed by atoms with Gasteiger partial charge in [-0.25, -0.2) is 9.59 Å². The number of carbonyl (C=O) groups is 2. The van der Waals surface area contributed by atoms with E-state index in [4.69, 9.17) is 13.6 Å². The zero-order valence-electron chi connectivity index (χ0n) is 29.2. The van der Waals surface area contributed by atoms with Gasteiger partial charge in [0, 0.05) is 40.1 Å². The quantitative estimate of drug-likeness (QED) is 0.140. The second-order valence-electron chi connectivity index (χ2n) is 11.7. The number of dihydropyridines is 1. The molecule has 236 valence electrons. The zero-order chi connectivity index (χ0) is 35.2. The molecule has 4 rings (SSSR count). The molecule has 45 heavy (non-hydrogen) atoms. The molecule has 0 unspecified atom stereocenters. The highest BCUT2D eigenvalue weighted by molar-refractivity contribution is 6.00. The Morgan fingerprint density at radius 1 is 0.956 bits per heavy atom. The molecule has 0 amide bonds. The summed E-state index contributed by atoms with van der Waals surface area (Å²) in [5.74, 6) is -2.62. The van der Waals surface area contributed by atoms with Crippen molar-refractivity contribution in [3.05, 3.63) is 134 Å². The molecule has 0 aromatic heterocycles. The molecular formula is C36H41N3O6. The van der Waals surface area contributed by atoms with Gasteiger partial charge in [0.15, 0.2) is 0 Å². The van der Waals surface area contributed by atoms with Crippen LogP contribution >= 0.6 is 0 Å². The van der Waals surface area contributed by atoms with Crippen molar-refractivity contribution in [2.45, 2.75) is 51.6 Å². The van der Waals surface area contributed by atoms with Gasteiger partial charge in [-0.2, -0.15) is 0 Å². The minimum Gasteiger partial charge on any atom is -0.466 e. The standard InChI is InChI=1S/C36H41N3O6/c1-24-31(34(40)44-6)33(28-18-13-19-29(22-28)39(42)43)32(25(2)37-24)35(41)45-36(3,4)23-38(5)21-20-30(26-14-9-7-10-15-26)27-16-11-8-12-17-27/h7-19,22,30,33,37H,20-21,23H2,1-6H3/t33-/m1/s1/i5D3. The van der Waals surface area contributed by atoms with Crippen LogP contribution in [0, 0.1) is 10.1 Å². The number of nitrogens with one attached hydrogen (secondary N) is 1. The lowest BCUT2D eigenvalue weighted by atomic mass is 9.80. The highest BCUT2D eigenvalue weighted by Gasteiger charge is 2.40. The predicted octanol–water partition coefficient (Wildman–Crippen LogP) is 6.48. The lowest BCUT2D eigenvalue weighted by Crippen LogP contribution is -2.42. The van der Waals surface area contributed by atoms with E-state index < -0.39 is 35.4 Å². The van der Waals surface area contributed by atoms with Crippen LogP contribution in [-0.2, 0) is 19.1 Å². The topological polar surface area (TPSA) is 111 Å². The highest BCUT2D eigenvalue weighted by atomic mass is 16.6. The molecule has 9 nitrogen and oxygen atoms in total. The first kappa shape index (κ1) is 29.0. The number of non-ortho nitro benzene ring substituents is 1. The second kappa shape index (κ2) is 14.3. The molecule has 9 heteroatoms. The lowest BCUT2D eigenvalue weighted by Gasteiger charge is -2.34. The average molecular weight is 615 g/mol. The molecule has 1 heterocycles. The molecule has 0 spiro atoms. The van der Waals surface area contributed by atoms with Crippen molar-refractivity contribution in [3.63, 3.8) is 0 Å². The summed E-state index contributed by atoms with van der Waals surface area (Å²) in [6.07, 6.45) is 0.492. The Morgan fingerprint density at radius 3 is 2.07 bits per heavy atom. The Labute approximate surface area is 268 Å². The van der Waals surface area contributed by atoms with Crippen LogP contribution in [0.1, 0.15) is 66.8 Å². The Kier molecular flexibility index (Phi) is 9.24. The fraction of sp³-hybridized carbons (Fsp3) is 0.333. The summed E-state index contributed by atoms with van der Waals surface area (Å²) in [6, 6.07) is 25.5. The number of likely N-dealkylation sites (N-methyl/N-ethyl adjacent to an activating group) is 1. The van der Waals surface area contributed by atoms with Gasteiger partial charge < -0.3 is 19.7 Å². The number of hydrogen-bond acceptors (Lipinski definition) is 8. The van der Waals surface area contributed by atoms with Crippen molar-refractivity contribution in [2.24, 2.45) is 0 Å². The van der Waals surface area contributed by atoms with E-state index in [-0.39, 0.29) is 35.8 Å². The maximum absolute atomic E-state index is 14.1. The molecule has 1 aliphatic heterocycles. The summed E-state index contributed by atoms with van der Waals surface area (Å²) in [6.45, 7) is 4.13. The van der Waals surface area contributed by atoms with Gasteiger partial charge in [0.2, 0.25) is 0 Å². The van der Waals surface area contributed by atoms with Crippen LogP contribution in [-0.4, -0.2) is 54.5 Å². The minimum absolute atomic E-state index is 0.0585. The van der Waals surface area contributed by atoms with Gasteiger partial charge in [0.1, 0.15) is 5.60 Å². The molecule has 0 radical (unpaired) electrons. The van der Waals surface area contributed by atoms with Crippen LogP contribution in [0.3, 0.4) is 0 Å². The van der Waals surface area contributed by atoms with E-state index in [0.29, 0.717) is 23.4 Å². The molecule has 0 saturated heterocycles. The van der Waals surface area contributed by atoms with Gasteiger partial charge >= 0.3 is 11.9 Å². The number of ether oxygens (including phenoxy) is 2. The van der Waals surface area contributed by atoms with Crippen molar-refractivity contribution in [1.29, 1.82) is 0 Å². The highest BCUT2D eigenvalue weighted by Crippen LogP contribution is 2.40. The number of nitro groups is 1. The van der Waals surface area contributed by atoms with Crippen LogP contribution in [0.4, 0.5) is 5.69 Å². The molecule has 0 bridgehead atoms. The predicted molar refractivity (Wildman–Crippen MR) is 173 cm³/mol. The Bertz CT molecular complexity index is 1670. The fourth-order valence-electron chi connectivity index (χ4n) is 5.85. The van der Waals surface area contributed by atoms with Crippen LogP contribution < -0.4 is 5.32 Å². The number of hydrogen-bond donors (Lipinski definition) is 1. The van der Waals surface area contributed by atoms with Gasteiger partial charge in [-0.15, -0.1) is 0 Å². The average Bonchev–Trinajstić information content (AvgIpc) is 3.03. The van der Waals surface area contributed by atoms with E-state index in [2.05, 4.69) is 5.32 Å². The first-order valence-electron chi connectivity index (χ1n) is 16.2. The van der Waals surface area contributed by atoms with E-state index in [0.717, 1.165) is 11.1 Å². The molecule has 1 atom stereocenters. The molecule has 0 fully saturated rings. The molecule has 0 saturated carbocycles. The first-order valence-corrected chi connectivity index (χ1v) is 14.7. The van der Waals surface area contributed by atoms with E-state index in [1.54, 1.807) is 33.8 Å². The van der Waals surface area contributed by atoms with Crippen molar-refractivity contribution in [3.8, 4) is 0 Å². The number of allylic oxidation sites excluding steroid dienone is 2. The number of methoxy groups -OCH3 is 1. The van der Waals surface area contributed by atoms with Crippen LogP contribution in [0.25, 0.3) is 0 Å². The van der Waals surface area contributed by atoms with Crippen molar-refractivity contribution in [1.82, 2.24) is 10.2 Å². The number of nitrogens with zero attached hydrogens (tertiary/aromatic N) is 2. The summed E-state index contributed by atoms with van der Waals surface area (Å²) < 4.78 is 36.1. The van der Waals surface area contributed by atoms with Crippen LogP contribution in [0.2, 0.25) is 0 Å². The number of esters is 2. The maximum Gasteiger partial charge on any atom is 0.337 e. The third-order valence-electron chi connectivity index (χ3n) is 7.83. The van der Waals surface area contributed by atoms with Gasteiger partial charge in [-0.3, -0.25) is 10.1 Å². The Morgan fingerprint density at radius 2 is 1.53 bits per heavy atom. The van der Waals surface area contributed by atoms with Crippen LogP contribution in [0.5, 0.6) is 0 Å². The Balaban J connectivity index is 1.62. The molecule has 0 aliphatic carbocycles. The van der Waals surface area contributed by atoms with Gasteiger partial charge in [-0.1, -0.05) is 72.8 Å². The molecule has 1 aliphatic rings. The number of nitro benzene ring substituents is 1. The minimum atomic E-state index is -2.49. The van der Waals surface area contributed by atoms with Crippen molar-refractivity contribution in [2.75, 3.05) is 27.2 Å². The number of carbonyl (C=O) groups excluding carboxylic acids is 2. The normalized spacial score (nSPS) is 16.5. The largest absolute Gasteiger partial charge is 0.466 e. The number of benzene rings is 3. The maximum atomic E-state index is 14.1. The fourth-order valence-corrected chi connectivity index (χ4v) is 5.85. The lowest BCUT2D eigenvalue weighted by molar-refractivity contribution is -0.384. The summed E-state index contributed by atoms with van der Waals surface area (Å²) in [7, 11) is 1.21. The van der Waals surface area contributed by atoms with Crippen LogP contribution in [0.15, 0.2) is 107 Å². The van der Waals surface area contributed by atoms with Crippen molar-refractivity contribution >= 4 is 17.6 Å². The third kappa shape index (κ3) is 8.05. The van der Waals surface area contributed by atoms with E-state index >= 15 is 0 Å². The zero-order valence-corrected chi connectivity index (χ0v) is 26.2. The second-order valence-corrected chi connectivity index (χ2v) is 11.7. The summed E-state index contributed by atoms with van der Waals surface area (Å²) in [5, 5.41) is 14.7. The summed E-state index contributed by atoms with van der Waals surface area (Å²) in [4.78, 5) is 39.5. The third-order valence-corrected chi connectivity index (χ3v) is 7.83. The smallest absolute Gasteiger partial charge is 0.337 e. The summed E-state index contributed by atoms with van der Waals surface area (Å²) >= 11 is 0. The van der Waals surface area contributed by atoms with E-state index in [1.165, 1.54) is 30.2 Å². The SMILES string of the molecule is [2H]C([2H])([2H])N(CCC(c1ccccc1)c1ccccc1)CC(C)(C)OC(=O)C1=C(C)NC(C)=C(C(=O)OC)[C@H]1c1cccc([N+](=O)[O-])c1. The molecular weight excluding hydrogens is 570 g/mol. The molecule has 3 aromatic rings. The Hall–Kier alpha value is -4.76. The first-order chi connectivity index (χ1) is 22.6. The molecule has 1 N–H and O–H groups in total. The van der Waals surface area contributed by atoms with Gasteiger partial charge in [0.05, 0.1) is 29.1 Å². The van der Waals surface area contributed by atoms with Gasteiger partial charge in [0.25, 0.3) is 5.69 Å². The van der Waals surface area contributed by atoms with Crippen molar-refractivity contribution < 1.29 is 28.1 Å².